The fourth-order valence-corrected chi connectivity index (χ4v) is 2.41. The van der Waals surface area contributed by atoms with Gasteiger partial charge in [-0.05, 0) is 30.5 Å². The Bertz CT molecular complexity index is 501. The largest absolute Gasteiger partial charge is 0.369 e. The average Bonchev–Trinajstić information content (AvgIpc) is 2.76. The van der Waals surface area contributed by atoms with Crippen molar-refractivity contribution in [3.05, 3.63) is 34.9 Å². The van der Waals surface area contributed by atoms with E-state index in [4.69, 9.17) is 23.1 Å². The van der Waals surface area contributed by atoms with Crippen molar-refractivity contribution >= 4 is 23.5 Å². The molecule has 2 rings (SSSR count). The Kier molecular flexibility index (Phi) is 5.87. The van der Waals surface area contributed by atoms with Crippen LogP contribution in [0.1, 0.15) is 31.2 Å². The maximum absolute atomic E-state index is 6.01. The zero-order valence-corrected chi connectivity index (χ0v) is 12.9. The van der Waals surface area contributed by atoms with E-state index >= 15 is 0 Å². The minimum atomic E-state index is 0.215. The molecule has 1 heterocycles. The van der Waals surface area contributed by atoms with Gasteiger partial charge in [0, 0.05) is 18.1 Å². The summed E-state index contributed by atoms with van der Waals surface area (Å²) in [6.07, 6.45) is 4.81. The SMILES string of the molecule is NC(=NCc1ccc(Cl)cc1)/N=C(\N)N1CCCCCC1. The summed E-state index contributed by atoms with van der Waals surface area (Å²) in [7, 11) is 0. The van der Waals surface area contributed by atoms with E-state index in [-0.39, 0.29) is 5.96 Å². The molecule has 0 aliphatic carbocycles. The maximum atomic E-state index is 6.01. The van der Waals surface area contributed by atoms with Crippen LogP contribution in [0.25, 0.3) is 0 Å². The number of nitrogens with two attached hydrogens (primary N) is 2. The summed E-state index contributed by atoms with van der Waals surface area (Å²) in [6.45, 7) is 2.36. The van der Waals surface area contributed by atoms with Gasteiger partial charge in [0.05, 0.1) is 6.54 Å². The number of nitrogens with zero attached hydrogens (tertiary/aromatic N) is 3. The molecule has 0 atom stereocenters. The highest BCUT2D eigenvalue weighted by Crippen LogP contribution is 2.11. The molecule has 1 aliphatic heterocycles. The molecule has 4 N–H and O–H groups in total. The Morgan fingerprint density at radius 3 is 2.29 bits per heavy atom. The van der Waals surface area contributed by atoms with Gasteiger partial charge in [-0.2, -0.15) is 4.99 Å². The maximum Gasteiger partial charge on any atom is 0.218 e. The number of rotatable bonds is 2. The first-order valence-corrected chi connectivity index (χ1v) is 7.66. The number of hydrogen-bond acceptors (Lipinski definition) is 1. The third-order valence-electron chi connectivity index (χ3n) is 3.50. The molecular weight excluding hydrogens is 286 g/mol. The minimum Gasteiger partial charge on any atom is -0.369 e. The van der Waals surface area contributed by atoms with Gasteiger partial charge in [0.2, 0.25) is 5.96 Å². The summed E-state index contributed by atoms with van der Waals surface area (Å²) in [5.41, 5.74) is 12.9. The highest BCUT2D eigenvalue weighted by molar-refractivity contribution is 6.30. The molecule has 1 fully saturated rings. The Labute approximate surface area is 130 Å². The second-order valence-corrected chi connectivity index (χ2v) is 5.61. The quantitative estimate of drug-likeness (QED) is 0.650. The molecule has 1 aromatic rings. The van der Waals surface area contributed by atoms with E-state index in [1.165, 1.54) is 12.8 Å². The fourth-order valence-electron chi connectivity index (χ4n) is 2.29. The smallest absolute Gasteiger partial charge is 0.218 e. The molecule has 5 nitrogen and oxygen atoms in total. The van der Waals surface area contributed by atoms with Crippen molar-refractivity contribution in [3.63, 3.8) is 0 Å². The van der Waals surface area contributed by atoms with Gasteiger partial charge < -0.3 is 16.4 Å². The predicted molar refractivity (Wildman–Crippen MR) is 88.4 cm³/mol. The normalized spacial score (nSPS) is 17.7. The molecule has 0 saturated carbocycles. The Morgan fingerprint density at radius 2 is 1.67 bits per heavy atom. The van der Waals surface area contributed by atoms with Crippen LogP contribution in [0.4, 0.5) is 0 Å². The predicted octanol–water partition coefficient (Wildman–Crippen LogP) is 2.35. The van der Waals surface area contributed by atoms with Crippen LogP contribution in [0.3, 0.4) is 0 Å². The van der Waals surface area contributed by atoms with Gasteiger partial charge >= 0.3 is 0 Å². The van der Waals surface area contributed by atoms with Gasteiger partial charge in [-0.15, -0.1) is 0 Å². The van der Waals surface area contributed by atoms with Crippen molar-refractivity contribution in [1.82, 2.24) is 4.90 Å². The summed E-state index contributed by atoms with van der Waals surface area (Å²) in [6, 6.07) is 7.50. The summed E-state index contributed by atoms with van der Waals surface area (Å²) in [5, 5.41) is 0.708. The average molecular weight is 308 g/mol. The van der Waals surface area contributed by atoms with Crippen molar-refractivity contribution in [1.29, 1.82) is 0 Å². The summed E-state index contributed by atoms with van der Waals surface area (Å²) < 4.78 is 0. The van der Waals surface area contributed by atoms with Gasteiger partial charge in [0.25, 0.3) is 0 Å². The zero-order valence-electron chi connectivity index (χ0n) is 12.1. The fraction of sp³-hybridized carbons (Fsp3) is 0.467. The number of aliphatic imine (C=N–C) groups is 2. The van der Waals surface area contributed by atoms with Crippen LogP contribution in [0.2, 0.25) is 5.02 Å². The van der Waals surface area contributed by atoms with Crippen LogP contribution >= 0.6 is 11.6 Å². The Hall–Kier alpha value is -1.75. The van der Waals surface area contributed by atoms with Gasteiger partial charge in [0.15, 0.2) is 5.96 Å². The standard InChI is InChI=1S/C15H22ClN5/c16-13-7-5-12(6-8-13)11-19-14(17)20-15(18)21-9-3-1-2-4-10-21/h5-8H,1-4,9-11H2,(H4,17,18,19,20). The van der Waals surface area contributed by atoms with Crippen molar-refractivity contribution in [2.75, 3.05) is 13.1 Å². The first-order valence-electron chi connectivity index (χ1n) is 7.28. The number of hydrogen-bond donors (Lipinski definition) is 2. The van der Waals surface area contributed by atoms with E-state index in [1.807, 2.05) is 24.3 Å². The second kappa shape index (κ2) is 7.88. The monoisotopic (exact) mass is 307 g/mol. The summed E-state index contributed by atoms with van der Waals surface area (Å²) in [4.78, 5) is 10.5. The summed E-state index contributed by atoms with van der Waals surface area (Å²) >= 11 is 5.84. The molecule has 1 aromatic carbocycles. The zero-order chi connectivity index (χ0) is 15.1. The van der Waals surface area contributed by atoms with Crippen molar-refractivity contribution in [2.24, 2.45) is 21.5 Å². The summed E-state index contributed by atoms with van der Waals surface area (Å²) in [5.74, 6) is 0.681. The molecule has 0 spiro atoms. The van der Waals surface area contributed by atoms with E-state index in [9.17, 15) is 0 Å². The van der Waals surface area contributed by atoms with Gasteiger partial charge in [-0.3, -0.25) is 0 Å². The lowest BCUT2D eigenvalue weighted by Gasteiger charge is -2.20. The number of likely N-dealkylation sites (tertiary alicyclic amines) is 1. The topological polar surface area (TPSA) is 80.0 Å². The molecule has 1 saturated heterocycles. The van der Waals surface area contributed by atoms with Crippen molar-refractivity contribution in [3.8, 4) is 0 Å². The lowest BCUT2D eigenvalue weighted by Crippen LogP contribution is -2.39. The number of guanidine groups is 2. The van der Waals surface area contributed by atoms with Crippen LogP contribution in [0.5, 0.6) is 0 Å². The van der Waals surface area contributed by atoms with Gasteiger partial charge in [0.1, 0.15) is 0 Å². The first kappa shape index (κ1) is 15.6. The first-order chi connectivity index (χ1) is 10.1. The lowest BCUT2D eigenvalue weighted by atomic mass is 10.2. The molecule has 0 radical (unpaired) electrons. The van der Waals surface area contributed by atoms with E-state index in [0.29, 0.717) is 17.5 Å². The molecular formula is C15H22ClN5. The molecule has 0 bridgehead atoms. The van der Waals surface area contributed by atoms with Crippen LogP contribution in [-0.2, 0) is 6.54 Å². The third kappa shape index (κ3) is 5.27. The van der Waals surface area contributed by atoms with Crippen LogP contribution < -0.4 is 11.5 Å². The van der Waals surface area contributed by atoms with Crippen LogP contribution in [0.15, 0.2) is 34.3 Å². The van der Waals surface area contributed by atoms with Crippen LogP contribution in [0, 0.1) is 0 Å². The lowest BCUT2D eigenvalue weighted by molar-refractivity contribution is 0.431. The van der Waals surface area contributed by atoms with E-state index in [0.717, 1.165) is 31.5 Å². The third-order valence-corrected chi connectivity index (χ3v) is 3.75. The highest BCUT2D eigenvalue weighted by Gasteiger charge is 2.11. The second-order valence-electron chi connectivity index (χ2n) is 5.17. The van der Waals surface area contributed by atoms with Crippen LogP contribution in [-0.4, -0.2) is 29.9 Å². The number of benzene rings is 1. The molecule has 0 unspecified atom stereocenters. The molecule has 114 valence electrons. The molecule has 21 heavy (non-hydrogen) atoms. The minimum absolute atomic E-state index is 0.215. The van der Waals surface area contributed by atoms with E-state index in [1.54, 1.807) is 0 Å². The van der Waals surface area contributed by atoms with Crippen molar-refractivity contribution in [2.45, 2.75) is 32.2 Å². The van der Waals surface area contributed by atoms with E-state index in [2.05, 4.69) is 14.9 Å². The number of halogens is 1. The van der Waals surface area contributed by atoms with Gasteiger partial charge in [-0.25, -0.2) is 4.99 Å². The highest BCUT2D eigenvalue weighted by atomic mass is 35.5. The molecule has 0 amide bonds. The molecule has 1 aliphatic rings. The Balaban J connectivity index is 1.94. The van der Waals surface area contributed by atoms with Gasteiger partial charge in [-0.1, -0.05) is 36.6 Å². The molecule has 0 aromatic heterocycles. The molecule has 6 heteroatoms. The van der Waals surface area contributed by atoms with E-state index < -0.39 is 0 Å². The Morgan fingerprint density at radius 1 is 1.05 bits per heavy atom. The van der Waals surface area contributed by atoms with Crippen molar-refractivity contribution < 1.29 is 0 Å².